The maximum atomic E-state index is 3.38. The summed E-state index contributed by atoms with van der Waals surface area (Å²) in [5.41, 5.74) is 7.40. The minimum atomic E-state index is 1.17. The van der Waals surface area contributed by atoms with E-state index in [1.807, 2.05) is 0 Å². The fraction of sp³-hybridized carbons (Fsp3) is 0.250. The molecule has 2 N–H and O–H groups in total. The molecule has 0 saturated heterocycles. The van der Waals surface area contributed by atoms with Gasteiger partial charge in [0.1, 0.15) is 0 Å². The highest BCUT2D eigenvalue weighted by Crippen LogP contribution is 2.29. The summed E-state index contributed by atoms with van der Waals surface area (Å²) < 4.78 is 6.75. The Hall–Kier alpha value is -1.26. The molecule has 0 heterocycles. The lowest BCUT2D eigenvalue weighted by Crippen LogP contribution is -1.92. The molecule has 0 atom stereocenters. The number of rotatable bonds is 5. The van der Waals surface area contributed by atoms with Crippen LogP contribution in [0.15, 0.2) is 36.4 Å². The van der Waals surface area contributed by atoms with Crippen LogP contribution in [0.25, 0.3) is 0 Å². The first-order chi connectivity index (χ1) is 9.56. The zero-order chi connectivity index (χ0) is 14.5. The minimum absolute atomic E-state index is 1.17. The van der Waals surface area contributed by atoms with Crippen LogP contribution in [0.5, 0.6) is 0 Å². The number of anilines is 2. The molecule has 2 rings (SSSR count). The first-order valence-electron chi connectivity index (χ1n) is 6.55. The van der Waals surface area contributed by atoms with Crippen LogP contribution < -0.4 is 9.44 Å². The van der Waals surface area contributed by atoms with Gasteiger partial charge in [0.05, 0.1) is 0 Å². The second-order valence-corrected chi connectivity index (χ2v) is 6.75. The maximum absolute atomic E-state index is 3.38. The van der Waals surface area contributed by atoms with Gasteiger partial charge in [-0.2, -0.15) is 0 Å². The lowest BCUT2D eigenvalue weighted by molar-refractivity contribution is 1.40. The molecule has 0 amide bonds. The van der Waals surface area contributed by atoms with Gasteiger partial charge in [-0.3, -0.25) is 0 Å². The van der Waals surface area contributed by atoms with Crippen molar-refractivity contribution >= 4 is 33.3 Å². The highest BCUT2D eigenvalue weighted by molar-refractivity contribution is 8.77. The first-order valence-corrected chi connectivity index (χ1v) is 8.70. The SMILES string of the molecule is Cc1ccc(C)c(NSSNc2cc(C)ccc2C)c1. The van der Waals surface area contributed by atoms with Crippen molar-refractivity contribution in [3.8, 4) is 0 Å². The van der Waals surface area contributed by atoms with E-state index in [4.69, 9.17) is 0 Å². The maximum Gasteiger partial charge on any atom is 0.0480 e. The molecular weight excluding hydrogens is 284 g/mol. The van der Waals surface area contributed by atoms with Crippen molar-refractivity contribution in [1.82, 2.24) is 0 Å². The molecule has 0 aliphatic rings. The second-order valence-electron chi connectivity index (χ2n) is 5.01. The van der Waals surface area contributed by atoms with Gasteiger partial charge in [-0.25, -0.2) is 0 Å². The van der Waals surface area contributed by atoms with Gasteiger partial charge in [0, 0.05) is 33.3 Å². The van der Waals surface area contributed by atoms with Crippen LogP contribution in [0, 0.1) is 27.7 Å². The largest absolute Gasteiger partial charge is 0.319 e. The number of hydrogen-bond donors (Lipinski definition) is 2. The summed E-state index contributed by atoms with van der Waals surface area (Å²) in [6, 6.07) is 12.9. The van der Waals surface area contributed by atoms with Gasteiger partial charge >= 0.3 is 0 Å². The number of aryl methyl sites for hydroxylation is 4. The number of benzene rings is 2. The third-order valence-corrected chi connectivity index (χ3v) is 4.57. The van der Waals surface area contributed by atoms with Crippen LogP contribution in [0.3, 0.4) is 0 Å². The Bertz CT molecular complexity index is 544. The summed E-state index contributed by atoms with van der Waals surface area (Å²) >= 11 is 0. The molecule has 2 aromatic carbocycles. The van der Waals surface area contributed by atoms with Crippen molar-refractivity contribution < 1.29 is 0 Å². The van der Waals surface area contributed by atoms with Crippen LogP contribution in [-0.4, -0.2) is 0 Å². The number of hydrogen-bond acceptors (Lipinski definition) is 4. The van der Waals surface area contributed by atoms with E-state index in [0.717, 1.165) is 0 Å². The molecule has 0 aliphatic carbocycles. The predicted molar refractivity (Wildman–Crippen MR) is 94.3 cm³/mol. The molecule has 0 fully saturated rings. The standard InChI is InChI=1S/C16H20N2S2/c1-11-5-7-13(3)15(9-11)17-19-20-18-16-10-12(2)6-8-14(16)4/h5-10,17-18H,1-4H3. The molecule has 2 aromatic rings. The van der Waals surface area contributed by atoms with E-state index in [1.165, 1.54) is 33.6 Å². The minimum Gasteiger partial charge on any atom is -0.319 e. The highest BCUT2D eigenvalue weighted by Gasteiger charge is 2.01. The summed E-state index contributed by atoms with van der Waals surface area (Å²) in [6.45, 7) is 8.45. The molecule has 0 saturated carbocycles. The molecule has 106 valence electrons. The second kappa shape index (κ2) is 6.95. The van der Waals surface area contributed by atoms with E-state index in [2.05, 4.69) is 73.5 Å². The van der Waals surface area contributed by atoms with Crippen molar-refractivity contribution in [2.24, 2.45) is 0 Å². The molecule has 2 nitrogen and oxygen atoms in total. The van der Waals surface area contributed by atoms with Crippen molar-refractivity contribution in [3.63, 3.8) is 0 Å². The zero-order valence-corrected chi connectivity index (χ0v) is 13.9. The van der Waals surface area contributed by atoms with Gasteiger partial charge in [0.15, 0.2) is 0 Å². The Balaban J connectivity index is 1.87. The highest BCUT2D eigenvalue weighted by atomic mass is 33.1. The third kappa shape index (κ3) is 4.12. The average Bonchev–Trinajstić information content (AvgIpc) is 2.42. The Kier molecular flexibility index (Phi) is 5.26. The van der Waals surface area contributed by atoms with Gasteiger partial charge in [0.2, 0.25) is 0 Å². The quantitative estimate of drug-likeness (QED) is 0.423. The third-order valence-electron chi connectivity index (χ3n) is 3.13. The van der Waals surface area contributed by atoms with Gasteiger partial charge < -0.3 is 9.44 Å². The van der Waals surface area contributed by atoms with Gasteiger partial charge in [0.25, 0.3) is 0 Å². The fourth-order valence-electron chi connectivity index (χ4n) is 1.82. The van der Waals surface area contributed by atoms with E-state index in [-0.39, 0.29) is 0 Å². The van der Waals surface area contributed by atoms with Crippen LogP contribution in [-0.2, 0) is 0 Å². The average molecular weight is 304 g/mol. The Labute approximate surface area is 129 Å². The zero-order valence-electron chi connectivity index (χ0n) is 12.3. The molecule has 4 heteroatoms. The first kappa shape index (κ1) is 15.1. The van der Waals surface area contributed by atoms with E-state index in [1.54, 1.807) is 22.0 Å². The predicted octanol–water partition coefficient (Wildman–Crippen LogP) is 5.66. The van der Waals surface area contributed by atoms with E-state index in [9.17, 15) is 0 Å². The van der Waals surface area contributed by atoms with Crippen molar-refractivity contribution in [3.05, 3.63) is 58.7 Å². The molecule has 0 spiro atoms. The summed E-state index contributed by atoms with van der Waals surface area (Å²) in [7, 11) is 3.19. The van der Waals surface area contributed by atoms with E-state index in [0.29, 0.717) is 0 Å². The van der Waals surface area contributed by atoms with E-state index >= 15 is 0 Å². The topological polar surface area (TPSA) is 24.1 Å². The van der Waals surface area contributed by atoms with Crippen LogP contribution >= 0.6 is 22.0 Å². The molecule has 0 bridgehead atoms. The van der Waals surface area contributed by atoms with Gasteiger partial charge in [-0.05, 0) is 62.1 Å². The molecule has 0 radical (unpaired) electrons. The Morgan fingerprint density at radius 3 is 1.45 bits per heavy atom. The molecular formula is C16H20N2S2. The van der Waals surface area contributed by atoms with Crippen LogP contribution in [0.4, 0.5) is 11.4 Å². The molecule has 0 unspecified atom stereocenters. The summed E-state index contributed by atoms with van der Waals surface area (Å²) in [5, 5.41) is 0. The molecule has 0 aromatic heterocycles. The summed E-state index contributed by atoms with van der Waals surface area (Å²) in [4.78, 5) is 0. The Morgan fingerprint density at radius 1 is 0.650 bits per heavy atom. The molecule has 20 heavy (non-hydrogen) atoms. The number of nitrogens with one attached hydrogen (secondary N) is 2. The monoisotopic (exact) mass is 304 g/mol. The normalized spacial score (nSPS) is 10.4. The van der Waals surface area contributed by atoms with Crippen molar-refractivity contribution in [1.29, 1.82) is 0 Å². The van der Waals surface area contributed by atoms with Gasteiger partial charge in [-0.1, -0.05) is 24.3 Å². The summed E-state index contributed by atoms with van der Waals surface area (Å²) in [5.74, 6) is 0. The van der Waals surface area contributed by atoms with Crippen molar-refractivity contribution in [2.75, 3.05) is 9.44 Å². The van der Waals surface area contributed by atoms with Gasteiger partial charge in [-0.15, -0.1) is 0 Å². The Morgan fingerprint density at radius 2 is 1.05 bits per heavy atom. The smallest absolute Gasteiger partial charge is 0.0480 e. The van der Waals surface area contributed by atoms with Crippen LogP contribution in [0.1, 0.15) is 22.3 Å². The summed E-state index contributed by atoms with van der Waals surface area (Å²) in [6.07, 6.45) is 0. The van der Waals surface area contributed by atoms with Crippen molar-refractivity contribution in [2.45, 2.75) is 27.7 Å². The fourth-order valence-corrected chi connectivity index (χ4v) is 3.31. The molecule has 0 aliphatic heterocycles. The van der Waals surface area contributed by atoms with Crippen LogP contribution in [0.2, 0.25) is 0 Å². The van der Waals surface area contributed by atoms with E-state index < -0.39 is 0 Å². The lowest BCUT2D eigenvalue weighted by atomic mass is 10.1. The lowest BCUT2D eigenvalue weighted by Gasteiger charge is -2.11.